The monoisotopic (exact) mass is 844 g/mol. The quantitative estimate of drug-likeness (QED) is 0.155. The lowest BCUT2D eigenvalue weighted by Crippen LogP contribution is -2.15. The molecule has 0 bridgehead atoms. The van der Waals surface area contributed by atoms with E-state index in [1.54, 1.807) is 0 Å². The van der Waals surface area contributed by atoms with Gasteiger partial charge in [-0.05, 0) is 145 Å². The summed E-state index contributed by atoms with van der Waals surface area (Å²) in [5.74, 6) is 0. The van der Waals surface area contributed by atoms with E-state index in [9.17, 15) is 0 Å². The van der Waals surface area contributed by atoms with Gasteiger partial charge >= 0.3 is 0 Å². The fraction of sp³-hybridized carbons (Fsp3) is 0.0938. The van der Waals surface area contributed by atoms with Crippen molar-refractivity contribution >= 4 is 74.6 Å². The zero-order valence-corrected chi connectivity index (χ0v) is 37.7. The third-order valence-corrected chi connectivity index (χ3v) is 16.7. The van der Waals surface area contributed by atoms with Crippen LogP contribution in [-0.2, 0) is 10.8 Å². The average molecular weight is 845 g/mol. The molecule has 306 valence electrons. The topological polar surface area (TPSA) is 0 Å². The molecule has 0 unspecified atom stereocenters. The molecule has 0 aliphatic heterocycles. The van der Waals surface area contributed by atoms with Gasteiger partial charge in [-0.2, -0.15) is 0 Å². The maximum Gasteiger partial charge on any atom is 0.0434 e. The molecule has 11 aromatic carbocycles. The molecule has 1 aromatic heterocycles. The van der Waals surface area contributed by atoms with E-state index in [4.69, 9.17) is 0 Å². The molecule has 2 aliphatic rings. The standard InChI is InChI=1S/C64H44S/c1-63(2)53-31-27-39(40-25-29-50-56(35-40)64(3,4)54-32-33-57-61(60(50)54)51-30-24-38-15-6-8-18-43(38)62(51)65-57)34-52(53)44-28-26-41(36-55(44)63)58-46-19-9-11-21-48(46)59(49-22-12-10-20-47(49)58)45-23-13-16-37-14-5-7-17-42(37)45/h5-36H,1-4H3. The molecule has 0 fully saturated rings. The minimum atomic E-state index is -0.157. The van der Waals surface area contributed by atoms with E-state index >= 15 is 0 Å². The highest BCUT2D eigenvalue weighted by atomic mass is 32.1. The summed E-state index contributed by atoms with van der Waals surface area (Å²) in [5.41, 5.74) is 18.5. The van der Waals surface area contributed by atoms with Crippen molar-refractivity contribution in [2.24, 2.45) is 0 Å². The van der Waals surface area contributed by atoms with Gasteiger partial charge in [0, 0.05) is 31.0 Å². The Balaban J connectivity index is 0.898. The Morgan fingerprint density at radius 2 is 0.846 bits per heavy atom. The molecule has 0 amide bonds. The molecule has 2 aliphatic carbocycles. The first-order valence-corrected chi connectivity index (χ1v) is 23.8. The van der Waals surface area contributed by atoms with E-state index in [0.29, 0.717) is 0 Å². The van der Waals surface area contributed by atoms with E-state index in [-0.39, 0.29) is 10.8 Å². The van der Waals surface area contributed by atoms with Crippen molar-refractivity contribution in [2.75, 3.05) is 0 Å². The minimum absolute atomic E-state index is 0.122. The van der Waals surface area contributed by atoms with Crippen LogP contribution in [0.5, 0.6) is 0 Å². The van der Waals surface area contributed by atoms with Crippen molar-refractivity contribution in [3.63, 3.8) is 0 Å². The average Bonchev–Trinajstić information content (AvgIpc) is 3.92. The van der Waals surface area contributed by atoms with E-state index in [1.165, 1.54) is 141 Å². The molecule has 1 heteroatoms. The van der Waals surface area contributed by atoms with Gasteiger partial charge in [-0.1, -0.05) is 198 Å². The van der Waals surface area contributed by atoms with E-state index in [2.05, 4.69) is 222 Å². The second-order valence-electron chi connectivity index (χ2n) is 19.5. The maximum absolute atomic E-state index is 2.51. The van der Waals surface area contributed by atoms with Crippen LogP contribution in [0.3, 0.4) is 0 Å². The Bertz CT molecular complexity index is 4000. The zero-order valence-electron chi connectivity index (χ0n) is 36.9. The molecule has 14 rings (SSSR count). The lowest BCUT2D eigenvalue weighted by molar-refractivity contribution is 0.660. The van der Waals surface area contributed by atoms with Gasteiger partial charge in [0.2, 0.25) is 0 Å². The van der Waals surface area contributed by atoms with Crippen molar-refractivity contribution in [1.29, 1.82) is 0 Å². The Hall–Kier alpha value is -7.32. The van der Waals surface area contributed by atoms with Crippen LogP contribution in [0.1, 0.15) is 49.9 Å². The molecule has 0 nitrogen and oxygen atoms in total. The summed E-state index contributed by atoms with van der Waals surface area (Å²) >= 11 is 1.94. The van der Waals surface area contributed by atoms with Crippen LogP contribution in [0.4, 0.5) is 0 Å². The van der Waals surface area contributed by atoms with Crippen molar-refractivity contribution in [3.05, 3.63) is 216 Å². The first-order chi connectivity index (χ1) is 31.8. The molecular weight excluding hydrogens is 801 g/mol. The molecule has 1 heterocycles. The SMILES string of the molecule is CC1(C)c2ccc(-c3ccc4c(c3)C(C)(C)c3ccc5sc6c7ccccc7ccc6c5c3-4)cc2-c2ccc(-c3c4ccccc4c(-c4cccc5ccccc45)c4ccccc34)cc21. The minimum Gasteiger partial charge on any atom is -0.135 e. The highest BCUT2D eigenvalue weighted by molar-refractivity contribution is 7.26. The molecule has 0 saturated heterocycles. The number of hydrogen-bond acceptors (Lipinski definition) is 1. The van der Waals surface area contributed by atoms with Gasteiger partial charge < -0.3 is 0 Å². The lowest BCUT2D eigenvalue weighted by atomic mass is 9.80. The first kappa shape index (κ1) is 37.1. The van der Waals surface area contributed by atoms with Gasteiger partial charge in [0.1, 0.15) is 0 Å². The summed E-state index contributed by atoms with van der Waals surface area (Å²) < 4.78 is 2.75. The van der Waals surface area contributed by atoms with Gasteiger partial charge in [0.05, 0.1) is 0 Å². The highest BCUT2D eigenvalue weighted by Gasteiger charge is 2.39. The molecule has 12 aromatic rings. The van der Waals surface area contributed by atoms with Gasteiger partial charge in [-0.3, -0.25) is 0 Å². The predicted octanol–water partition coefficient (Wildman–Crippen LogP) is 18.3. The summed E-state index contributed by atoms with van der Waals surface area (Å²) in [6.45, 7) is 9.65. The van der Waals surface area contributed by atoms with E-state index in [1.807, 2.05) is 11.3 Å². The number of benzene rings is 11. The molecule has 0 saturated carbocycles. The molecular formula is C64H44S. The Morgan fingerprint density at radius 3 is 1.60 bits per heavy atom. The van der Waals surface area contributed by atoms with Gasteiger partial charge in [-0.15, -0.1) is 11.3 Å². The molecule has 65 heavy (non-hydrogen) atoms. The van der Waals surface area contributed by atoms with Crippen molar-refractivity contribution in [3.8, 4) is 55.6 Å². The number of fused-ring (bicyclic) bond motifs is 15. The van der Waals surface area contributed by atoms with Crippen LogP contribution < -0.4 is 0 Å². The Labute approximate surface area is 383 Å². The van der Waals surface area contributed by atoms with Crippen molar-refractivity contribution in [1.82, 2.24) is 0 Å². The van der Waals surface area contributed by atoms with Crippen LogP contribution in [0.2, 0.25) is 0 Å². The second kappa shape index (κ2) is 13.1. The maximum atomic E-state index is 2.51. The van der Waals surface area contributed by atoms with Crippen LogP contribution in [0.15, 0.2) is 194 Å². The number of rotatable bonds is 3. The van der Waals surface area contributed by atoms with Crippen molar-refractivity contribution in [2.45, 2.75) is 38.5 Å². The third kappa shape index (κ3) is 5.02. The molecule has 0 N–H and O–H groups in total. The van der Waals surface area contributed by atoms with Crippen LogP contribution in [0.25, 0.3) is 119 Å². The summed E-state index contributed by atoms with van der Waals surface area (Å²) in [7, 11) is 0. The fourth-order valence-electron chi connectivity index (χ4n) is 12.3. The second-order valence-corrected chi connectivity index (χ2v) is 20.6. The van der Waals surface area contributed by atoms with Gasteiger partial charge in [-0.25, -0.2) is 0 Å². The number of thiophene rings is 1. The molecule has 0 atom stereocenters. The Morgan fingerprint density at radius 1 is 0.308 bits per heavy atom. The lowest BCUT2D eigenvalue weighted by Gasteiger charge is -2.23. The normalized spacial score (nSPS) is 14.4. The van der Waals surface area contributed by atoms with Crippen LogP contribution in [-0.4, -0.2) is 0 Å². The molecule has 0 radical (unpaired) electrons. The van der Waals surface area contributed by atoms with Crippen LogP contribution >= 0.6 is 11.3 Å². The largest absolute Gasteiger partial charge is 0.135 e. The van der Waals surface area contributed by atoms with Gasteiger partial charge in [0.25, 0.3) is 0 Å². The van der Waals surface area contributed by atoms with Gasteiger partial charge in [0.15, 0.2) is 0 Å². The first-order valence-electron chi connectivity index (χ1n) is 23.0. The summed E-state index contributed by atoms with van der Waals surface area (Å²) in [6, 6.07) is 73.7. The third-order valence-electron chi connectivity index (χ3n) is 15.5. The fourth-order valence-corrected chi connectivity index (χ4v) is 13.5. The smallest absolute Gasteiger partial charge is 0.0434 e. The summed E-state index contributed by atoms with van der Waals surface area (Å²) in [5, 5.41) is 13.1. The highest BCUT2D eigenvalue weighted by Crippen LogP contribution is 2.56. The van der Waals surface area contributed by atoms with E-state index in [0.717, 1.165) is 0 Å². The summed E-state index contributed by atoms with van der Waals surface area (Å²) in [6.07, 6.45) is 0. The summed E-state index contributed by atoms with van der Waals surface area (Å²) in [4.78, 5) is 0. The van der Waals surface area contributed by atoms with Crippen LogP contribution in [0, 0.1) is 0 Å². The zero-order chi connectivity index (χ0) is 43.3. The Kier molecular flexibility index (Phi) is 7.49. The van der Waals surface area contributed by atoms with Crippen molar-refractivity contribution < 1.29 is 0 Å². The number of hydrogen-bond donors (Lipinski definition) is 0. The van der Waals surface area contributed by atoms with E-state index < -0.39 is 0 Å². The molecule has 0 spiro atoms. The predicted molar refractivity (Wildman–Crippen MR) is 281 cm³/mol.